The normalized spacial score (nSPS) is 27.2. The Balaban J connectivity index is 2.16. The summed E-state index contributed by atoms with van der Waals surface area (Å²) >= 11 is 2.75. The quantitative estimate of drug-likeness (QED) is 0.532. The first-order valence-corrected chi connectivity index (χ1v) is 19.4. The van der Waals surface area contributed by atoms with E-state index in [9.17, 15) is 0 Å². The summed E-state index contributed by atoms with van der Waals surface area (Å²) in [5.41, 5.74) is 1.24. The topological polar surface area (TPSA) is 18.5 Å². The first-order chi connectivity index (χ1) is 6.42. The Hall–Kier alpha value is 0.555. The molecule has 13 heavy (non-hydrogen) atoms. The van der Waals surface area contributed by atoms with Crippen LogP contribution in [0.15, 0.2) is 30.3 Å². The van der Waals surface area contributed by atoms with Gasteiger partial charge in [0.2, 0.25) is 0 Å². The van der Waals surface area contributed by atoms with Crippen LogP contribution >= 0.6 is 11.9 Å². The van der Waals surface area contributed by atoms with Crippen molar-refractivity contribution in [3.8, 4) is 0 Å². The summed E-state index contributed by atoms with van der Waals surface area (Å²) in [6, 6.07) is 10.3. The van der Waals surface area contributed by atoms with Gasteiger partial charge in [-0.05, 0) is 0 Å². The fourth-order valence-corrected chi connectivity index (χ4v) is 8.79. The van der Waals surface area contributed by atoms with Crippen molar-refractivity contribution in [3.63, 3.8) is 0 Å². The standard InChI is InChI=1S/C9H9O2.BrH.Hg/c1-2-4-8(5-3-1)9-6-7-10-11-9;;/h1-6,9H,7H2;1H;/q;;+1/p-1. The van der Waals surface area contributed by atoms with Gasteiger partial charge in [-0.25, -0.2) is 0 Å². The molecule has 0 radical (unpaired) electrons. The van der Waals surface area contributed by atoms with Crippen molar-refractivity contribution in [2.45, 2.75) is 9.53 Å². The van der Waals surface area contributed by atoms with Crippen molar-refractivity contribution in [1.82, 2.24) is 0 Å². The van der Waals surface area contributed by atoms with Gasteiger partial charge in [-0.1, -0.05) is 0 Å². The molecule has 4 heteroatoms. The van der Waals surface area contributed by atoms with Gasteiger partial charge in [-0.15, -0.1) is 0 Å². The monoisotopic (exact) mass is 430 g/mol. The van der Waals surface area contributed by atoms with Crippen LogP contribution < -0.4 is 0 Å². The summed E-state index contributed by atoms with van der Waals surface area (Å²) in [6.45, 7) is 0.770. The van der Waals surface area contributed by atoms with Gasteiger partial charge in [-0.3, -0.25) is 0 Å². The van der Waals surface area contributed by atoms with Crippen LogP contribution in [0.1, 0.15) is 11.7 Å². The number of hydrogen-bond acceptors (Lipinski definition) is 2. The Labute approximate surface area is 95.2 Å². The van der Waals surface area contributed by atoms with E-state index < -0.39 is 22.1 Å². The summed E-state index contributed by atoms with van der Waals surface area (Å²) in [5, 5.41) is 0. The molecule has 1 aromatic rings. The van der Waals surface area contributed by atoms with Gasteiger partial charge in [0.25, 0.3) is 0 Å². The van der Waals surface area contributed by atoms with Gasteiger partial charge in [0.05, 0.1) is 0 Å². The zero-order chi connectivity index (χ0) is 9.10. The van der Waals surface area contributed by atoms with Gasteiger partial charge in [0.15, 0.2) is 0 Å². The average molecular weight is 430 g/mol. The molecule has 2 unspecified atom stereocenters. The molecule has 1 heterocycles. The van der Waals surface area contributed by atoms with Crippen LogP contribution in [0.5, 0.6) is 0 Å². The maximum absolute atomic E-state index is 5.27. The molecular formula is C9H9BrHgO2. The van der Waals surface area contributed by atoms with Crippen LogP contribution in [-0.4, -0.2) is 6.61 Å². The van der Waals surface area contributed by atoms with Gasteiger partial charge in [0, 0.05) is 0 Å². The van der Waals surface area contributed by atoms with E-state index in [1.807, 2.05) is 18.2 Å². The van der Waals surface area contributed by atoms with E-state index in [-0.39, 0.29) is 6.10 Å². The second-order valence-electron chi connectivity index (χ2n) is 3.13. The van der Waals surface area contributed by atoms with Gasteiger partial charge < -0.3 is 0 Å². The molecule has 2 atom stereocenters. The molecule has 0 bridgehead atoms. The Bertz CT molecular complexity index is 268. The predicted octanol–water partition coefficient (Wildman–Crippen LogP) is 2.87. The molecular weight excluding hydrogens is 421 g/mol. The predicted molar refractivity (Wildman–Crippen MR) is 48.9 cm³/mol. The summed E-state index contributed by atoms with van der Waals surface area (Å²) in [6.07, 6.45) is 0.183. The van der Waals surface area contributed by atoms with Crippen molar-refractivity contribution >= 4 is 11.9 Å². The molecule has 0 aliphatic carbocycles. The van der Waals surface area contributed by atoms with Crippen molar-refractivity contribution in [2.75, 3.05) is 6.61 Å². The Morgan fingerprint density at radius 3 is 2.77 bits per heavy atom. The maximum atomic E-state index is 5.27. The number of hydrogen-bond donors (Lipinski definition) is 0. The summed E-state index contributed by atoms with van der Waals surface area (Å²) < 4.78 is 0.641. The molecule has 1 saturated heterocycles. The van der Waals surface area contributed by atoms with E-state index in [1.54, 1.807) is 0 Å². The molecule has 66 valence electrons. The van der Waals surface area contributed by atoms with Crippen LogP contribution in [0.4, 0.5) is 0 Å². The SMILES string of the molecule is [Br][Hg][CH]1COOC1c1ccccc1. The van der Waals surface area contributed by atoms with Crippen LogP contribution in [0.2, 0.25) is 3.43 Å². The van der Waals surface area contributed by atoms with E-state index in [0.29, 0.717) is 3.43 Å². The molecule has 0 aromatic heterocycles. The Morgan fingerprint density at radius 2 is 2.08 bits per heavy atom. The number of halogens is 1. The molecule has 2 nitrogen and oxygen atoms in total. The van der Waals surface area contributed by atoms with Crippen LogP contribution in [0.25, 0.3) is 0 Å². The summed E-state index contributed by atoms with van der Waals surface area (Å²) in [5.74, 6) is 0. The molecule has 1 aromatic carbocycles. The molecule has 0 spiro atoms. The summed E-state index contributed by atoms with van der Waals surface area (Å²) in [7, 11) is 0. The molecule has 0 amide bonds. The minimum absolute atomic E-state index is 0.183. The van der Waals surface area contributed by atoms with E-state index in [0.717, 1.165) is 6.61 Å². The third-order valence-corrected chi connectivity index (χ3v) is 13.6. The fraction of sp³-hybridized carbons (Fsp3) is 0.333. The summed E-state index contributed by atoms with van der Waals surface area (Å²) in [4.78, 5) is 10.3. The zero-order valence-corrected chi connectivity index (χ0v) is 14.2. The zero-order valence-electron chi connectivity index (χ0n) is 7.15. The molecule has 1 aliphatic rings. The van der Waals surface area contributed by atoms with Crippen LogP contribution in [0.3, 0.4) is 0 Å². The van der Waals surface area contributed by atoms with E-state index >= 15 is 0 Å². The first kappa shape index (κ1) is 10.1. The Morgan fingerprint density at radius 1 is 1.31 bits per heavy atom. The third kappa shape index (κ3) is 2.32. The number of benzene rings is 1. The first-order valence-electron chi connectivity index (χ1n) is 4.31. The molecule has 1 fully saturated rings. The second kappa shape index (κ2) is 4.87. The molecule has 1 aliphatic heterocycles. The van der Waals surface area contributed by atoms with Gasteiger partial charge >= 0.3 is 95.9 Å². The van der Waals surface area contributed by atoms with Gasteiger partial charge in [-0.2, -0.15) is 0 Å². The number of rotatable bonds is 2. The minimum atomic E-state index is -0.927. The van der Waals surface area contributed by atoms with Crippen molar-refractivity contribution < 1.29 is 31.9 Å². The van der Waals surface area contributed by atoms with Crippen LogP contribution in [-0.2, 0) is 31.9 Å². The van der Waals surface area contributed by atoms with Gasteiger partial charge in [0.1, 0.15) is 0 Å². The van der Waals surface area contributed by atoms with Crippen molar-refractivity contribution in [1.29, 1.82) is 0 Å². The van der Waals surface area contributed by atoms with Crippen molar-refractivity contribution in [3.05, 3.63) is 35.9 Å². The average Bonchev–Trinajstić information content (AvgIpc) is 2.67. The van der Waals surface area contributed by atoms with E-state index in [1.165, 1.54) is 5.56 Å². The Kier molecular flexibility index (Phi) is 3.78. The fourth-order valence-electron chi connectivity index (χ4n) is 1.46. The molecule has 2 rings (SSSR count). The van der Waals surface area contributed by atoms with E-state index in [4.69, 9.17) is 9.78 Å². The second-order valence-corrected chi connectivity index (χ2v) is 14.1. The molecule has 0 saturated carbocycles. The third-order valence-electron chi connectivity index (χ3n) is 2.21. The van der Waals surface area contributed by atoms with Crippen molar-refractivity contribution in [2.24, 2.45) is 0 Å². The van der Waals surface area contributed by atoms with E-state index in [2.05, 4.69) is 24.0 Å². The van der Waals surface area contributed by atoms with Crippen LogP contribution in [0, 0.1) is 0 Å². The molecule has 0 N–H and O–H groups in total.